The van der Waals surface area contributed by atoms with Crippen molar-refractivity contribution in [1.82, 2.24) is 5.32 Å². The number of hydrogen-bond donors (Lipinski definition) is 2. The number of nitro groups is 1. The maximum absolute atomic E-state index is 11.9. The predicted molar refractivity (Wildman–Crippen MR) is 94.1 cm³/mol. The molecule has 0 heterocycles. The van der Waals surface area contributed by atoms with E-state index in [2.05, 4.69) is 22.8 Å². The Bertz CT molecular complexity index is 702. The molecule has 2 N–H and O–H groups in total. The minimum Gasteiger partial charge on any atom is -0.376 e. The SMILES string of the molecule is Cc1ccc([N+](=O)[O-])cc1NCC(=O)NCCCc1ccccc1. The molecule has 0 radical (unpaired) electrons. The standard InChI is InChI=1S/C18H21N3O3/c1-14-9-10-16(21(23)24)12-17(14)20-13-18(22)19-11-5-8-15-6-3-2-4-7-15/h2-4,6-7,9-10,12,20H,5,8,11,13H2,1H3,(H,19,22). The van der Waals surface area contributed by atoms with E-state index in [1.54, 1.807) is 6.07 Å². The molecule has 0 bridgehead atoms. The van der Waals surface area contributed by atoms with Crippen LogP contribution in [-0.2, 0) is 11.2 Å². The van der Waals surface area contributed by atoms with E-state index < -0.39 is 4.92 Å². The highest BCUT2D eigenvalue weighted by atomic mass is 16.6. The number of nitrogens with zero attached hydrogens (tertiary/aromatic N) is 1. The van der Waals surface area contributed by atoms with Crippen molar-refractivity contribution in [3.8, 4) is 0 Å². The third kappa shape index (κ3) is 5.39. The Morgan fingerprint density at radius 3 is 2.62 bits per heavy atom. The number of nitrogens with one attached hydrogen (secondary N) is 2. The van der Waals surface area contributed by atoms with Gasteiger partial charge < -0.3 is 10.6 Å². The molecule has 0 aromatic heterocycles. The summed E-state index contributed by atoms with van der Waals surface area (Å²) in [6, 6.07) is 14.7. The number of carbonyl (C=O) groups excluding carboxylic acids is 1. The van der Waals surface area contributed by atoms with Gasteiger partial charge >= 0.3 is 0 Å². The van der Waals surface area contributed by atoms with Gasteiger partial charge in [0.2, 0.25) is 5.91 Å². The van der Waals surface area contributed by atoms with Crippen molar-refractivity contribution in [2.45, 2.75) is 19.8 Å². The Balaban J connectivity index is 1.73. The first-order valence-corrected chi connectivity index (χ1v) is 7.86. The van der Waals surface area contributed by atoms with Gasteiger partial charge in [-0.3, -0.25) is 14.9 Å². The van der Waals surface area contributed by atoms with E-state index in [4.69, 9.17) is 0 Å². The quantitative estimate of drug-likeness (QED) is 0.443. The van der Waals surface area contributed by atoms with Gasteiger partial charge in [-0.15, -0.1) is 0 Å². The maximum atomic E-state index is 11.9. The minimum atomic E-state index is -0.450. The molecule has 6 nitrogen and oxygen atoms in total. The van der Waals surface area contributed by atoms with Crippen LogP contribution in [0, 0.1) is 17.0 Å². The van der Waals surface area contributed by atoms with Gasteiger partial charge in [-0.1, -0.05) is 36.4 Å². The number of amides is 1. The summed E-state index contributed by atoms with van der Waals surface area (Å²) < 4.78 is 0. The van der Waals surface area contributed by atoms with Crippen LogP contribution in [0.3, 0.4) is 0 Å². The summed E-state index contributed by atoms with van der Waals surface area (Å²) in [5.41, 5.74) is 2.71. The van der Waals surface area contributed by atoms with Crippen LogP contribution in [0.5, 0.6) is 0 Å². The normalized spacial score (nSPS) is 10.2. The Hall–Kier alpha value is -2.89. The average Bonchev–Trinajstić information content (AvgIpc) is 2.58. The first-order valence-electron chi connectivity index (χ1n) is 7.86. The van der Waals surface area contributed by atoms with Gasteiger partial charge in [0.25, 0.3) is 5.69 Å². The summed E-state index contributed by atoms with van der Waals surface area (Å²) in [6.07, 6.45) is 1.78. The largest absolute Gasteiger partial charge is 0.376 e. The van der Waals surface area contributed by atoms with Crippen LogP contribution in [0.25, 0.3) is 0 Å². The third-order valence-corrected chi connectivity index (χ3v) is 3.68. The van der Waals surface area contributed by atoms with E-state index in [0.717, 1.165) is 18.4 Å². The molecule has 0 spiro atoms. The van der Waals surface area contributed by atoms with E-state index in [-0.39, 0.29) is 18.1 Å². The second kappa shape index (κ2) is 8.67. The fourth-order valence-corrected chi connectivity index (χ4v) is 2.32. The zero-order valence-corrected chi connectivity index (χ0v) is 13.6. The van der Waals surface area contributed by atoms with Crippen LogP contribution in [0.4, 0.5) is 11.4 Å². The maximum Gasteiger partial charge on any atom is 0.271 e. The highest BCUT2D eigenvalue weighted by Crippen LogP contribution is 2.21. The van der Waals surface area contributed by atoms with Gasteiger partial charge in [-0.25, -0.2) is 0 Å². The molecule has 126 valence electrons. The van der Waals surface area contributed by atoms with Gasteiger partial charge in [0.1, 0.15) is 0 Å². The molecule has 0 fully saturated rings. The fraction of sp³-hybridized carbons (Fsp3) is 0.278. The van der Waals surface area contributed by atoms with E-state index in [9.17, 15) is 14.9 Å². The molecule has 0 aliphatic rings. The molecular formula is C18H21N3O3. The topological polar surface area (TPSA) is 84.3 Å². The Morgan fingerprint density at radius 2 is 1.92 bits per heavy atom. The molecule has 2 aromatic carbocycles. The van der Waals surface area contributed by atoms with Crippen LogP contribution in [0.2, 0.25) is 0 Å². The molecule has 24 heavy (non-hydrogen) atoms. The molecule has 0 aliphatic heterocycles. The molecule has 1 amide bonds. The van der Waals surface area contributed by atoms with Gasteiger partial charge in [0.15, 0.2) is 0 Å². The van der Waals surface area contributed by atoms with Gasteiger partial charge in [-0.05, 0) is 30.9 Å². The number of non-ortho nitro benzene ring substituents is 1. The first kappa shape index (κ1) is 17.5. The number of anilines is 1. The molecule has 0 saturated carbocycles. The lowest BCUT2D eigenvalue weighted by molar-refractivity contribution is -0.384. The lowest BCUT2D eigenvalue weighted by atomic mass is 10.1. The van der Waals surface area contributed by atoms with Crippen LogP contribution in [-0.4, -0.2) is 23.9 Å². The number of hydrogen-bond acceptors (Lipinski definition) is 4. The van der Waals surface area contributed by atoms with Gasteiger partial charge in [0.05, 0.1) is 11.5 Å². The smallest absolute Gasteiger partial charge is 0.271 e. The lowest BCUT2D eigenvalue weighted by Crippen LogP contribution is -2.30. The number of nitro benzene ring substituents is 1. The summed E-state index contributed by atoms with van der Waals surface area (Å²) in [4.78, 5) is 22.2. The molecular weight excluding hydrogens is 306 g/mol. The summed E-state index contributed by atoms with van der Waals surface area (Å²) in [6.45, 7) is 2.53. The first-order chi connectivity index (χ1) is 11.6. The lowest BCUT2D eigenvalue weighted by Gasteiger charge is -2.10. The molecule has 0 atom stereocenters. The van der Waals surface area contributed by atoms with E-state index in [1.807, 2.05) is 25.1 Å². The second-order valence-corrected chi connectivity index (χ2v) is 5.55. The van der Waals surface area contributed by atoms with Crippen molar-refractivity contribution >= 4 is 17.3 Å². The molecule has 6 heteroatoms. The van der Waals surface area contributed by atoms with Crippen LogP contribution >= 0.6 is 0 Å². The van der Waals surface area contributed by atoms with E-state index >= 15 is 0 Å². The van der Waals surface area contributed by atoms with E-state index in [1.165, 1.54) is 17.7 Å². The monoisotopic (exact) mass is 327 g/mol. The molecule has 0 aliphatic carbocycles. The van der Waals surface area contributed by atoms with Crippen molar-refractivity contribution in [2.24, 2.45) is 0 Å². The van der Waals surface area contributed by atoms with Crippen molar-refractivity contribution < 1.29 is 9.72 Å². The highest BCUT2D eigenvalue weighted by molar-refractivity contribution is 5.81. The highest BCUT2D eigenvalue weighted by Gasteiger charge is 2.09. The zero-order chi connectivity index (χ0) is 17.4. The Labute approximate surface area is 141 Å². The van der Waals surface area contributed by atoms with Gasteiger partial charge in [-0.2, -0.15) is 0 Å². The van der Waals surface area contributed by atoms with Crippen molar-refractivity contribution in [3.63, 3.8) is 0 Å². The van der Waals surface area contributed by atoms with Crippen LogP contribution in [0.15, 0.2) is 48.5 Å². The van der Waals surface area contributed by atoms with Crippen LogP contribution in [0.1, 0.15) is 17.5 Å². The molecule has 2 aromatic rings. The molecule has 0 unspecified atom stereocenters. The zero-order valence-electron chi connectivity index (χ0n) is 13.6. The summed E-state index contributed by atoms with van der Waals surface area (Å²) in [7, 11) is 0. The summed E-state index contributed by atoms with van der Waals surface area (Å²) in [5.74, 6) is -0.131. The predicted octanol–water partition coefficient (Wildman–Crippen LogP) is 3.06. The number of benzene rings is 2. The van der Waals surface area contributed by atoms with Crippen LogP contribution < -0.4 is 10.6 Å². The van der Waals surface area contributed by atoms with Crippen molar-refractivity contribution in [1.29, 1.82) is 0 Å². The fourth-order valence-electron chi connectivity index (χ4n) is 2.32. The third-order valence-electron chi connectivity index (χ3n) is 3.68. The number of aryl methyl sites for hydroxylation is 2. The van der Waals surface area contributed by atoms with Gasteiger partial charge in [0, 0.05) is 24.4 Å². The minimum absolute atomic E-state index is 0.00590. The Kier molecular flexibility index (Phi) is 6.31. The number of carbonyl (C=O) groups is 1. The number of rotatable bonds is 8. The summed E-state index contributed by atoms with van der Waals surface area (Å²) >= 11 is 0. The summed E-state index contributed by atoms with van der Waals surface area (Å²) in [5, 5.41) is 16.6. The Morgan fingerprint density at radius 1 is 1.17 bits per heavy atom. The molecule has 0 saturated heterocycles. The van der Waals surface area contributed by atoms with E-state index in [0.29, 0.717) is 12.2 Å². The second-order valence-electron chi connectivity index (χ2n) is 5.55. The molecule has 2 rings (SSSR count). The van der Waals surface area contributed by atoms with Crippen molar-refractivity contribution in [2.75, 3.05) is 18.4 Å². The van der Waals surface area contributed by atoms with Crippen molar-refractivity contribution in [3.05, 3.63) is 69.8 Å². The average molecular weight is 327 g/mol.